The molecular formula is C15H22N2O3. The fourth-order valence-electron chi connectivity index (χ4n) is 2.36. The number of rotatable bonds is 7. The molecule has 20 heavy (non-hydrogen) atoms. The van der Waals surface area contributed by atoms with Gasteiger partial charge in [-0.15, -0.1) is 0 Å². The van der Waals surface area contributed by atoms with E-state index in [4.69, 9.17) is 0 Å². The molecule has 0 spiro atoms. The van der Waals surface area contributed by atoms with Gasteiger partial charge in [-0.05, 0) is 37.3 Å². The van der Waals surface area contributed by atoms with E-state index in [1.165, 1.54) is 18.9 Å². The highest BCUT2D eigenvalue weighted by Crippen LogP contribution is 2.34. The molecule has 0 saturated heterocycles. The lowest BCUT2D eigenvalue weighted by molar-refractivity contribution is -0.385. The highest BCUT2D eigenvalue weighted by atomic mass is 16.6. The number of anilines is 1. The van der Waals surface area contributed by atoms with Crippen molar-refractivity contribution in [3.05, 3.63) is 33.9 Å². The number of hydrogen-bond donors (Lipinski definition) is 1. The molecule has 0 aliphatic heterocycles. The Kier molecular flexibility index (Phi) is 4.60. The number of aliphatic hydroxyl groups excluding tert-OH is 1. The molecule has 0 amide bonds. The van der Waals surface area contributed by atoms with E-state index in [1.807, 2.05) is 0 Å². The predicted molar refractivity (Wildman–Crippen MR) is 78.8 cm³/mol. The van der Waals surface area contributed by atoms with Crippen molar-refractivity contribution in [1.82, 2.24) is 0 Å². The molecule has 1 aromatic carbocycles. The summed E-state index contributed by atoms with van der Waals surface area (Å²) in [4.78, 5) is 12.8. The van der Waals surface area contributed by atoms with Gasteiger partial charge in [0.05, 0.1) is 17.1 Å². The molecular weight excluding hydrogens is 256 g/mol. The van der Waals surface area contributed by atoms with E-state index in [1.54, 1.807) is 12.1 Å². The summed E-state index contributed by atoms with van der Waals surface area (Å²) in [5.41, 5.74) is 1.38. The van der Waals surface area contributed by atoms with Crippen molar-refractivity contribution >= 4 is 11.4 Å². The Morgan fingerprint density at radius 3 is 2.65 bits per heavy atom. The van der Waals surface area contributed by atoms with E-state index in [0.29, 0.717) is 17.5 Å². The zero-order valence-corrected chi connectivity index (χ0v) is 12.1. The highest BCUT2D eigenvalue weighted by Gasteiger charge is 2.29. The van der Waals surface area contributed by atoms with Crippen LogP contribution in [0, 0.1) is 16.0 Å². The Morgan fingerprint density at radius 1 is 1.45 bits per heavy atom. The minimum Gasteiger partial charge on any atom is -0.391 e. The van der Waals surface area contributed by atoms with Crippen LogP contribution in [-0.2, 0) is 6.61 Å². The van der Waals surface area contributed by atoms with Crippen LogP contribution in [0.25, 0.3) is 0 Å². The molecule has 1 fully saturated rings. The van der Waals surface area contributed by atoms with Crippen molar-refractivity contribution in [2.24, 2.45) is 5.92 Å². The minimum absolute atomic E-state index is 0.00384. The summed E-state index contributed by atoms with van der Waals surface area (Å²) in [5, 5.41) is 20.2. The second-order valence-corrected chi connectivity index (χ2v) is 5.84. The first-order chi connectivity index (χ1) is 9.52. The Morgan fingerprint density at radius 2 is 2.15 bits per heavy atom. The third kappa shape index (κ3) is 3.48. The molecule has 0 aromatic heterocycles. The third-order valence-electron chi connectivity index (χ3n) is 3.70. The Balaban J connectivity index is 2.22. The minimum atomic E-state index is -0.440. The van der Waals surface area contributed by atoms with Gasteiger partial charge in [0.1, 0.15) is 0 Å². The lowest BCUT2D eigenvalue weighted by atomic mass is 10.1. The molecule has 2 rings (SSSR count). The number of aliphatic hydroxyl groups is 1. The molecule has 5 nitrogen and oxygen atoms in total. The van der Waals surface area contributed by atoms with Crippen molar-refractivity contribution in [2.75, 3.05) is 11.4 Å². The van der Waals surface area contributed by atoms with Crippen LogP contribution in [0.4, 0.5) is 11.4 Å². The standard InChI is InChI=1S/C15H22N2O3/c1-11(2)7-8-16(13-3-4-13)14-5-6-15(17(19)20)12(9-14)10-18/h5-6,9,11,13,18H,3-4,7-8,10H2,1-2H3. The van der Waals surface area contributed by atoms with Gasteiger partial charge in [0.25, 0.3) is 5.69 Å². The van der Waals surface area contributed by atoms with Crippen LogP contribution < -0.4 is 4.90 Å². The van der Waals surface area contributed by atoms with Gasteiger partial charge >= 0.3 is 0 Å². The SMILES string of the molecule is CC(C)CCN(c1ccc([N+](=O)[O-])c(CO)c1)C1CC1. The summed E-state index contributed by atoms with van der Waals surface area (Å²) < 4.78 is 0. The van der Waals surface area contributed by atoms with Crippen LogP contribution in [0.15, 0.2) is 18.2 Å². The average molecular weight is 278 g/mol. The third-order valence-corrected chi connectivity index (χ3v) is 3.70. The fourth-order valence-corrected chi connectivity index (χ4v) is 2.36. The van der Waals surface area contributed by atoms with Crippen LogP contribution in [0.1, 0.15) is 38.7 Å². The molecule has 0 radical (unpaired) electrons. The predicted octanol–water partition coefficient (Wildman–Crippen LogP) is 3.10. The van der Waals surface area contributed by atoms with Gasteiger partial charge in [-0.25, -0.2) is 0 Å². The first-order valence-corrected chi connectivity index (χ1v) is 7.17. The summed E-state index contributed by atoms with van der Waals surface area (Å²) in [7, 11) is 0. The maximum Gasteiger partial charge on any atom is 0.275 e. The van der Waals surface area contributed by atoms with Crippen molar-refractivity contribution in [3.8, 4) is 0 Å². The number of benzene rings is 1. The molecule has 1 aliphatic rings. The van der Waals surface area contributed by atoms with E-state index >= 15 is 0 Å². The smallest absolute Gasteiger partial charge is 0.275 e. The van der Waals surface area contributed by atoms with Gasteiger partial charge in [-0.1, -0.05) is 13.8 Å². The van der Waals surface area contributed by atoms with Crippen molar-refractivity contribution in [3.63, 3.8) is 0 Å². The van der Waals surface area contributed by atoms with Crippen LogP contribution in [0.3, 0.4) is 0 Å². The molecule has 1 aliphatic carbocycles. The van der Waals surface area contributed by atoms with E-state index in [-0.39, 0.29) is 12.3 Å². The summed E-state index contributed by atoms with van der Waals surface area (Å²) in [6.07, 6.45) is 3.47. The molecule has 5 heteroatoms. The maximum absolute atomic E-state index is 10.9. The Bertz CT molecular complexity index is 484. The largest absolute Gasteiger partial charge is 0.391 e. The van der Waals surface area contributed by atoms with Crippen molar-refractivity contribution in [2.45, 2.75) is 45.8 Å². The molecule has 0 unspecified atom stereocenters. The second-order valence-electron chi connectivity index (χ2n) is 5.84. The van der Waals surface area contributed by atoms with Gasteiger partial charge in [0.15, 0.2) is 0 Å². The summed E-state index contributed by atoms with van der Waals surface area (Å²) in [5.74, 6) is 0.631. The Hall–Kier alpha value is -1.62. The molecule has 1 N–H and O–H groups in total. The lowest BCUT2D eigenvalue weighted by Crippen LogP contribution is -2.27. The molecule has 0 bridgehead atoms. The van der Waals surface area contributed by atoms with Gasteiger partial charge in [0.2, 0.25) is 0 Å². The van der Waals surface area contributed by atoms with Gasteiger partial charge in [0, 0.05) is 24.3 Å². The molecule has 1 saturated carbocycles. The summed E-state index contributed by atoms with van der Waals surface area (Å²) in [6.45, 7) is 5.05. The Labute approximate surface area is 119 Å². The first-order valence-electron chi connectivity index (χ1n) is 7.17. The molecule has 1 aromatic rings. The fraction of sp³-hybridized carbons (Fsp3) is 0.600. The summed E-state index contributed by atoms with van der Waals surface area (Å²) in [6, 6.07) is 5.62. The van der Waals surface area contributed by atoms with E-state index < -0.39 is 4.92 Å². The van der Waals surface area contributed by atoms with Crippen LogP contribution >= 0.6 is 0 Å². The second kappa shape index (κ2) is 6.22. The van der Waals surface area contributed by atoms with E-state index in [0.717, 1.165) is 18.7 Å². The zero-order valence-electron chi connectivity index (χ0n) is 12.1. The molecule has 0 heterocycles. The van der Waals surface area contributed by atoms with Crippen LogP contribution in [-0.4, -0.2) is 22.6 Å². The highest BCUT2D eigenvalue weighted by molar-refractivity contribution is 5.56. The van der Waals surface area contributed by atoms with Gasteiger partial charge in [-0.2, -0.15) is 0 Å². The normalized spacial score (nSPS) is 14.6. The topological polar surface area (TPSA) is 66.6 Å². The van der Waals surface area contributed by atoms with Crippen molar-refractivity contribution < 1.29 is 10.0 Å². The van der Waals surface area contributed by atoms with Gasteiger partial charge in [-0.3, -0.25) is 10.1 Å². The average Bonchev–Trinajstić information content (AvgIpc) is 3.22. The van der Waals surface area contributed by atoms with E-state index in [2.05, 4.69) is 18.7 Å². The number of hydrogen-bond acceptors (Lipinski definition) is 4. The van der Waals surface area contributed by atoms with Crippen LogP contribution in [0.5, 0.6) is 0 Å². The number of nitro benzene ring substituents is 1. The van der Waals surface area contributed by atoms with Crippen molar-refractivity contribution in [1.29, 1.82) is 0 Å². The number of nitro groups is 1. The molecule has 0 atom stereocenters. The molecule has 110 valence electrons. The monoisotopic (exact) mass is 278 g/mol. The lowest BCUT2D eigenvalue weighted by Gasteiger charge is -2.26. The quantitative estimate of drug-likeness (QED) is 0.614. The maximum atomic E-state index is 10.9. The first kappa shape index (κ1) is 14.8. The van der Waals surface area contributed by atoms with E-state index in [9.17, 15) is 15.2 Å². The summed E-state index contributed by atoms with van der Waals surface area (Å²) >= 11 is 0. The number of nitrogens with zero attached hydrogens (tertiary/aromatic N) is 2. The van der Waals surface area contributed by atoms with Crippen LogP contribution in [0.2, 0.25) is 0 Å². The van der Waals surface area contributed by atoms with Gasteiger partial charge < -0.3 is 10.0 Å². The zero-order chi connectivity index (χ0) is 14.7.